The average molecular weight is 224 g/mol. The average Bonchev–Trinajstić information content (AvgIpc) is 2.29. The summed E-state index contributed by atoms with van der Waals surface area (Å²) in [7, 11) is 0. The Bertz CT molecular complexity index is 332. The number of nitrogens with zero attached hydrogens (tertiary/aromatic N) is 1. The van der Waals surface area contributed by atoms with Gasteiger partial charge in [0.1, 0.15) is 5.82 Å². The Morgan fingerprint density at radius 1 is 1.56 bits per heavy atom. The van der Waals surface area contributed by atoms with Crippen molar-refractivity contribution in [1.82, 2.24) is 4.98 Å². The van der Waals surface area contributed by atoms with Crippen LogP contribution in [-0.4, -0.2) is 22.2 Å². The molecule has 5 heteroatoms. The first-order valence-electron chi connectivity index (χ1n) is 5.45. The first kappa shape index (κ1) is 12.7. The van der Waals surface area contributed by atoms with Crippen LogP contribution >= 0.6 is 0 Å². The number of hydrogen-bond acceptors (Lipinski definition) is 5. The fraction of sp³-hybridized carbons (Fsp3) is 0.545. The van der Waals surface area contributed by atoms with Crippen LogP contribution in [0.2, 0.25) is 0 Å². The van der Waals surface area contributed by atoms with E-state index in [1.807, 2.05) is 12.1 Å². The molecule has 1 heterocycles. The van der Waals surface area contributed by atoms with Gasteiger partial charge in [-0.2, -0.15) is 0 Å². The van der Waals surface area contributed by atoms with Crippen LogP contribution in [0, 0.1) is 0 Å². The summed E-state index contributed by atoms with van der Waals surface area (Å²) in [6, 6.07) is 3.72. The summed E-state index contributed by atoms with van der Waals surface area (Å²) in [4.78, 5) is 4.03. The normalized spacial score (nSPS) is 14.2. The minimum atomic E-state index is -0.109. The summed E-state index contributed by atoms with van der Waals surface area (Å²) in [6.07, 6.45) is 3.32. The Kier molecular flexibility index (Phi) is 4.52. The van der Waals surface area contributed by atoms with Crippen molar-refractivity contribution in [3.05, 3.63) is 18.3 Å². The topological polar surface area (TPSA) is 83.2 Å². The van der Waals surface area contributed by atoms with Gasteiger partial charge in [0.25, 0.3) is 0 Å². The molecule has 0 bridgehead atoms. The summed E-state index contributed by atoms with van der Waals surface area (Å²) in [5.74, 6) is 5.91. The van der Waals surface area contributed by atoms with E-state index in [-0.39, 0.29) is 12.1 Å². The van der Waals surface area contributed by atoms with Crippen LogP contribution < -0.4 is 16.6 Å². The summed E-state index contributed by atoms with van der Waals surface area (Å²) in [6.45, 7) is 4.34. The van der Waals surface area contributed by atoms with Crippen molar-refractivity contribution in [3.8, 4) is 0 Å². The molecule has 0 aromatic carbocycles. The number of nitrogens with two attached hydrogens (primary N) is 1. The van der Waals surface area contributed by atoms with Crippen LogP contribution in [0.4, 0.5) is 11.5 Å². The second-order valence-corrected chi connectivity index (χ2v) is 4.09. The van der Waals surface area contributed by atoms with Crippen molar-refractivity contribution in [2.45, 2.75) is 32.2 Å². The van der Waals surface area contributed by atoms with Gasteiger partial charge in [0.2, 0.25) is 0 Å². The maximum Gasteiger partial charge on any atom is 0.141 e. The standard InChI is InChI=1S/C11H20N4O/c1-3-11(2,5-7-16)14-9-4-6-13-10(8-9)15-12/h4,6,8,16H,3,5,7,12H2,1-2H3,(H2,13,14,15). The van der Waals surface area contributed by atoms with Gasteiger partial charge in [-0.05, 0) is 25.8 Å². The molecule has 0 aliphatic rings. The van der Waals surface area contributed by atoms with Gasteiger partial charge in [0.15, 0.2) is 0 Å². The van der Waals surface area contributed by atoms with Crippen molar-refractivity contribution in [2.75, 3.05) is 17.3 Å². The number of aliphatic hydroxyl groups excluding tert-OH is 1. The number of hydrazine groups is 1. The van der Waals surface area contributed by atoms with Gasteiger partial charge in [-0.3, -0.25) is 0 Å². The quantitative estimate of drug-likeness (QED) is 0.433. The van der Waals surface area contributed by atoms with E-state index in [2.05, 4.69) is 29.6 Å². The lowest BCUT2D eigenvalue weighted by atomic mass is 9.94. The maximum atomic E-state index is 9.03. The third-order valence-corrected chi connectivity index (χ3v) is 2.80. The Balaban J connectivity index is 2.77. The van der Waals surface area contributed by atoms with Gasteiger partial charge >= 0.3 is 0 Å². The third kappa shape index (κ3) is 3.36. The van der Waals surface area contributed by atoms with Gasteiger partial charge in [-0.15, -0.1) is 0 Å². The molecule has 0 fully saturated rings. The fourth-order valence-electron chi connectivity index (χ4n) is 1.51. The molecule has 0 aliphatic carbocycles. The third-order valence-electron chi connectivity index (χ3n) is 2.80. The summed E-state index contributed by atoms with van der Waals surface area (Å²) >= 11 is 0. The van der Waals surface area contributed by atoms with Crippen molar-refractivity contribution in [3.63, 3.8) is 0 Å². The molecule has 0 amide bonds. The van der Waals surface area contributed by atoms with E-state index in [0.717, 1.165) is 12.1 Å². The lowest BCUT2D eigenvalue weighted by molar-refractivity contribution is 0.252. The number of hydrogen-bond donors (Lipinski definition) is 4. The predicted octanol–water partition coefficient (Wildman–Crippen LogP) is 1.33. The van der Waals surface area contributed by atoms with Gasteiger partial charge in [-0.25, -0.2) is 10.8 Å². The molecule has 0 radical (unpaired) electrons. The van der Waals surface area contributed by atoms with Gasteiger partial charge in [-0.1, -0.05) is 6.92 Å². The molecule has 1 aromatic rings. The molecule has 0 aliphatic heterocycles. The van der Waals surface area contributed by atoms with Crippen molar-refractivity contribution >= 4 is 11.5 Å². The van der Waals surface area contributed by atoms with E-state index in [9.17, 15) is 0 Å². The molecule has 90 valence electrons. The second-order valence-electron chi connectivity index (χ2n) is 4.09. The smallest absolute Gasteiger partial charge is 0.141 e. The number of pyridine rings is 1. The van der Waals surface area contributed by atoms with E-state index in [1.165, 1.54) is 0 Å². The highest BCUT2D eigenvalue weighted by Crippen LogP contribution is 2.22. The molecule has 5 N–H and O–H groups in total. The van der Waals surface area contributed by atoms with Crippen LogP contribution in [0.5, 0.6) is 0 Å². The Hall–Kier alpha value is -1.33. The SMILES string of the molecule is CCC(C)(CCO)Nc1ccnc(NN)c1. The number of nitrogen functional groups attached to an aromatic ring is 1. The minimum absolute atomic E-state index is 0.109. The Morgan fingerprint density at radius 2 is 2.31 bits per heavy atom. The van der Waals surface area contributed by atoms with Crippen LogP contribution in [-0.2, 0) is 0 Å². The molecule has 0 spiro atoms. The van der Waals surface area contributed by atoms with Gasteiger partial charge in [0, 0.05) is 30.1 Å². The molecule has 1 aromatic heterocycles. The van der Waals surface area contributed by atoms with Crippen LogP contribution in [0.15, 0.2) is 18.3 Å². The molecule has 1 atom stereocenters. The van der Waals surface area contributed by atoms with Crippen LogP contribution in [0.1, 0.15) is 26.7 Å². The highest BCUT2D eigenvalue weighted by atomic mass is 16.3. The van der Waals surface area contributed by atoms with Crippen LogP contribution in [0.25, 0.3) is 0 Å². The first-order chi connectivity index (χ1) is 7.63. The number of rotatable bonds is 6. The molecular formula is C11H20N4O. The lowest BCUT2D eigenvalue weighted by Gasteiger charge is -2.30. The molecule has 16 heavy (non-hydrogen) atoms. The summed E-state index contributed by atoms with van der Waals surface area (Å²) in [5.41, 5.74) is 3.34. The summed E-state index contributed by atoms with van der Waals surface area (Å²) in [5, 5.41) is 12.4. The molecule has 0 saturated carbocycles. The lowest BCUT2D eigenvalue weighted by Crippen LogP contribution is -2.35. The van der Waals surface area contributed by atoms with E-state index in [1.54, 1.807) is 6.20 Å². The predicted molar refractivity (Wildman–Crippen MR) is 66.1 cm³/mol. The first-order valence-corrected chi connectivity index (χ1v) is 5.45. The minimum Gasteiger partial charge on any atom is -0.396 e. The Morgan fingerprint density at radius 3 is 2.88 bits per heavy atom. The molecule has 0 saturated heterocycles. The number of aromatic nitrogens is 1. The highest BCUT2D eigenvalue weighted by Gasteiger charge is 2.20. The largest absolute Gasteiger partial charge is 0.396 e. The fourth-order valence-corrected chi connectivity index (χ4v) is 1.51. The highest BCUT2D eigenvalue weighted by molar-refractivity contribution is 5.52. The zero-order chi connectivity index (χ0) is 12.0. The Labute approximate surface area is 96.0 Å². The zero-order valence-corrected chi connectivity index (χ0v) is 9.83. The maximum absolute atomic E-state index is 9.03. The second kappa shape index (κ2) is 5.67. The zero-order valence-electron chi connectivity index (χ0n) is 9.83. The van der Waals surface area contributed by atoms with Gasteiger partial charge in [0.05, 0.1) is 0 Å². The molecule has 5 nitrogen and oxygen atoms in total. The van der Waals surface area contributed by atoms with E-state index in [4.69, 9.17) is 10.9 Å². The monoisotopic (exact) mass is 224 g/mol. The van der Waals surface area contributed by atoms with E-state index >= 15 is 0 Å². The molecule has 1 unspecified atom stereocenters. The van der Waals surface area contributed by atoms with Crippen molar-refractivity contribution in [2.24, 2.45) is 5.84 Å². The van der Waals surface area contributed by atoms with Crippen molar-refractivity contribution in [1.29, 1.82) is 0 Å². The van der Waals surface area contributed by atoms with Crippen molar-refractivity contribution < 1.29 is 5.11 Å². The number of aliphatic hydroxyl groups is 1. The van der Waals surface area contributed by atoms with E-state index < -0.39 is 0 Å². The van der Waals surface area contributed by atoms with Crippen LogP contribution in [0.3, 0.4) is 0 Å². The summed E-state index contributed by atoms with van der Waals surface area (Å²) < 4.78 is 0. The molecule has 1 rings (SSSR count). The number of anilines is 2. The molecular weight excluding hydrogens is 204 g/mol. The van der Waals surface area contributed by atoms with Gasteiger partial charge < -0.3 is 15.8 Å². The van der Waals surface area contributed by atoms with E-state index in [0.29, 0.717) is 12.2 Å². The number of nitrogens with one attached hydrogen (secondary N) is 2.